The van der Waals surface area contributed by atoms with Crippen LogP contribution < -0.4 is 5.32 Å². The first-order chi connectivity index (χ1) is 7.25. The predicted octanol–water partition coefficient (Wildman–Crippen LogP) is 2.03. The Labute approximate surface area is 92.8 Å². The smallest absolute Gasteiger partial charge is 0.191 e. The lowest BCUT2D eigenvalue weighted by atomic mass is 10.4. The summed E-state index contributed by atoms with van der Waals surface area (Å²) >= 11 is 1.65. The summed E-state index contributed by atoms with van der Waals surface area (Å²) in [6.07, 6.45) is 0. The molecule has 5 heteroatoms. The van der Waals surface area contributed by atoms with Crippen molar-refractivity contribution < 1.29 is 0 Å². The summed E-state index contributed by atoms with van der Waals surface area (Å²) in [5, 5.41) is 12.4. The number of nitrogens with zero attached hydrogens (tertiary/aromatic N) is 2. The average Bonchev–Trinajstić information content (AvgIpc) is 2.85. The van der Waals surface area contributed by atoms with Gasteiger partial charge in [-0.05, 0) is 11.4 Å². The molecule has 2 aromatic rings. The fourth-order valence-electron chi connectivity index (χ4n) is 1.19. The van der Waals surface area contributed by atoms with Crippen LogP contribution in [0.25, 0.3) is 10.7 Å². The number of hydrogen-bond acceptors (Lipinski definition) is 4. The summed E-state index contributed by atoms with van der Waals surface area (Å²) in [6, 6.07) is 4.48. The van der Waals surface area contributed by atoms with Crippen LogP contribution in [-0.4, -0.2) is 21.2 Å². The molecule has 0 amide bonds. The summed E-state index contributed by atoms with van der Waals surface area (Å²) in [4.78, 5) is 5.51. The van der Waals surface area contributed by atoms with Gasteiger partial charge in [0.25, 0.3) is 0 Å². The minimum atomic E-state index is 0.459. The molecule has 0 aromatic carbocycles. The van der Waals surface area contributed by atoms with Crippen molar-refractivity contribution in [1.29, 1.82) is 0 Å². The first-order valence-corrected chi connectivity index (χ1v) is 5.82. The maximum Gasteiger partial charge on any atom is 0.191 e. The van der Waals surface area contributed by atoms with Gasteiger partial charge in [-0.25, -0.2) is 4.98 Å². The van der Waals surface area contributed by atoms with E-state index in [9.17, 15) is 0 Å². The van der Waals surface area contributed by atoms with E-state index in [1.54, 1.807) is 11.3 Å². The van der Waals surface area contributed by atoms with E-state index in [0.717, 1.165) is 23.1 Å². The Morgan fingerprint density at radius 2 is 2.40 bits per heavy atom. The van der Waals surface area contributed by atoms with E-state index in [1.165, 1.54) is 0 Å². The van der Waals surface area contributed by atoms with Gasteiger partial charge in [0, 0.05) is 6.04 Å². The SMILES string of the molecule is CC(C)NCc1nc(-c2cccs2)n[nH]1. The van der Waals surface area contributed by atoms with Gasteiger partial charge in [-0.2, -0.15) is 5.10 Å². The number of hydrogen-bond donors (Lipinski definition) is 2. The molecule has 0 saturated heterocycles. The highest BCUT2D eigenvalue weighted by Crippen LogP contribution is 2.20. The summed E-state index contributed by atoms with van der Waals surface area (Å²) < 4.78 is 0. The van der Waals surface area contributed by atoms with Crippen LogP contribution in [0.3, 0.4) is 0 Å². The number of rotatable bonds is 4. The van der Waals surface area contributed by atoms with E-state index in [4.69, 9.17) is 0 Å². The molecule has 0 bridgehead atoms. The van der Waals surface area contributed by atoms with Crippen LogP contribution in [0.1, 0.15) is 19.7 Å². The molecular formula is C10H14N4S. The highest BCUT2D eigenvalue weighted by atomic mass is 32.1. The first-order valence-electron chi connectivity index (χ1n) is 4.94. The molecular weight excluding hydrogens is 208 g/mol. The van der Waals surface area contributed by atoms with Crippen molar-refractivity contribution >= 4 is 11.3 Å². The van der Waals surface area contributed by atoms with Crippen LogP contribution >= 0.6 is 11.3 Å². The molecule has 0 aliphatic carbocycles. The molecule has 0 unspecified atom stereocenters. The molecule has 0 spiro atoms. The maximum absolute atomic E-state index is 4.41. The molecule has 0 saturated carbocycles. The number of nitrogens with one attached hydrogen (secondary N) is 2. The van der Waals surface area contributed by atoms with Crippen molar-refractivity contribution in [1.82, 2.24) is 20.5 Å². The zero-order valence-electron chi connectivity index (χ0n) is 8.82. The highest BCUT2D eigenvalue weighted by Gasteiger charge is 2.06. The van der Waals surface area contributed by atoms with E-state index in [1.807, 2.05) is 17.5 Å². The summed E-state index contributed by atoms with van der Waals surface area (Å²) in [5.41, 5.74) is 0. The summed E-state index contributed by atoms with van der Waals surface area (Å²) in [6.45, 7) is 4.95. The Morgan fingerprint density at radius 1 is 1.53 bits per heavy atom. The third-order valence-electron chi connectivity index (χ3n) is 1.95. The van der Waals surface area contributed by atoms with Crippen LogP contribution in [0, 0.1) is 0 Å². The lowest BCUT2D eigenvalue weighted by Crippen LogP contribution is -2.22. The standard InChI is InChI=1S/C10H14N4S/c1-7(2)11-6-9-12-10(14-13-9)8-4-3-5-15-8/h3-5,7,11H,6H2,1-2H3,(H,12,13,14). The second kappa shape index (κ2) is 4.55. The number of aromatic amines is 1. The zero-order valence-corrected chi connectivity index (χ0v) is 9.64. The monoisotopic (exact) mass is 222 g/mol. The van der Waals surface area contributed by atoms with Crippen molar-refractivity contribution in [3.63, 3.8) is 0 Å². The minimum absolute atomic E-state index is 0.459. The Bertz CT molecular complexity index is 405. The van der Waals surface area contributed by atoms with Crippen LogP contribution in [0.2, 0.25) is 0 Å². The van der Waals surface area contributed by atoms with E-state index in [-0.39, 0.29) is 0 Å². The van der Waals surface area contributed by atoms with Gasteiger partial charge in [-0.15, -0.1) is 11.3 Å². The van der Waals surface area contributed by atoms with Gasteiger partial charge in [0.05, 0.1) is 11.4 Å². The first kappa shape index (κ1) is 10.3. The Morgan fingerprint density at radius 3 is 3.07 bits per heavy atom. The van der Waals surface area contributed by atoms with Crippen molar-refractivity contribution in [3.05, 3.63) is 23.3 Å². The van der Waals surface area contributed by atoms with Gasteiger partial charge in [-0.1, -0.05) is 19.9 Å². The van der Waals surface area contributed by atoms with Crippen LogP contribution in [0.4, 0.5) is 0 Å². The normalized spacial score (nSPS) is 11.1. The predicted molar refractivity (Wildman–Crippen MR) is 61.7 cm³/mol. The molecule has 80 valence electrons. The van der Waals surface area contributed by atoms with Crippen LogP contribution in [0.5, 0.6) is 0 Å². The third-order valence-corrected chi connectivity index (χ3v) is 2.82. The molecule has 15 heavy (non-hydrogen) atoms. The molecule has 0 fully saturated rings. The summed E-state index contributed by atoms with van der Waals surface area (Å²) in [5.74, 6) is 1.66. The molecule has 0 aliphatic rings. The Kier molecular flexibility index (Phi) is 3.13. The second-order valence-corrected chi connectivity index (χ2v) is 4.57. The van der Waals surface area contributed by atoms with Crippen molar-refractivity contribution in [2.75, 3.05) is 0 Å². The minimum Gasteiger partial charge on any atom is -0.308 e. The molecule has 2 heterocycles. The van der Waals surface area contributed by atoms with Crippen molar-refractivity contribution in [2.45, 2.75) is 26.4 Å². The zero-order chi connectivity index (χ0) is 10.7. The molecule has 2 aromatic heterocycles. The topological polar surface area (TPSA) is 53.6 Å². The summed E-state index contributed by atoms with van der Waals surface area (Å²) in [7, 11) is 0. The number of aromatic nitrogens is 3. The van der Waals surface area contributed by atoms with Crippen LogP contribution in [0.15, 0.2) is 17.5 Å². The molecule has 0 radical (unpaired) electrons. The van der Waals surface area contributed by atoms with Gasteiger partial charge >= 0.3 is 0 Å². The van der Waals surface area contributed by atoms with E-state index < -0.39 is 0 Å². The fraction of sp³-hybridized carbons (Fsp3) is 0.400. The van der Waals surface area contributed by atoms with Gasteiger partial charge in [0.15, 0.2) is 5.82 Å². The quantitative estimate of drug-likeness (QED) is 0.832. The maximum atomic E-state index is 4.41. The fourth-order valence-corrected chi connectivity index (χ4v) is 1.85. The molecule has 4 nitrogen and oxygen atoms in total. The second-order valence-electron chi connectivity index (χ2n) is 3.62. The molecule has 2 rings (SSSR count). The van der Waals surface area contributed by atoms with Crippen molar-refractivity contribution in [3.8, 4) is 10.7 Å². The van der Waals surface area contributed by atoms with Gasteiger partial charge < -0.3 is 5.32 Å². The third kappa shape index (κ3) is 2.64. The lowest BCUT2D eigenvalue weighted by Gasteiger charge is -2.03. The van der Waals surface area contributed by atoms with Gasteiger partial charge in [0.2, 0.25) is 0 Å². The molecule has 0 aliphatic heterocycles. The van der Waals surface area contributed by atoms with Crippen molar-refractivity contribution in [2.24, 2.45) is 0 Å². The van der Waals surface area contributed by atoms with E-state index >= 15 is 0 Å². The van der Waals surface area contributed by atoms with Crippen LogP contribution in [-0.2, 0) is 6.54 Å². The Hall–Kier alpha value is -1.20. The average molecular weight is 222 g/mol. The van der Waals surface area contributed by atoms with E-state index in [0.29, 0.717) is 6.04 Å². The highest BCUT2D eigenvalue weighted by molar-refractivity contribution is 7.13. The van der Waals surface area contributed by atoms with Gasteiger partial charge in [0.1, 0.15) is 5.82 Å². The number of H-pyrrole nitrogens is 1. The van der Waals surface area contributed by atoms with Gasteiger partial charge in [-0.3, -0.25) is 5.10 Å². The number of thiophene rings is 1. The largest absolute Gasteiger partial charge is 0.308 e. The molecule has 0 atom stereocenters. The van der Waals surface area contributed by atoms with E-state index in [2.05, 4.69) is 34.3 Å². The molecule has 2 N–H and O–H groups in total. The lowest BCUT2D eigenvalue weighted by molar-refractivity contribution is 0.573. The Balaban J connectivity index is 2.04.